The summed E-state index contributed by atoms with van der Waals surface area (Å²) in [7, 11) is 0. The first-order chi connectivity index (χ1) is 13.0. The van der Waals surface area contributed by atoms with Crippen LogP contribution in [0.25, 0.3) is 0 Å². The number of carbonyl (C=O) groups is 1. The first kappa shape index (κ1) is 21.5. The zero-order valence-electron chi connectivity index (χ0n) is 17.0. The minimum absolute atomic E-state index is 0.135. The predicted molar refractivity (Wildman–Crippen MR) is 112 cm³/mol. The maximum Gasteiger partial charge on any atom is 0.220 e. The van der Waals surface area contributed by atoms with Crippen molar-refractivity contribution in [1.29, 1.82) is 0 Å². The van der Waals surface area contributed by atoms with Crippen molar-refractivity contribution in [3.05, 3.63) is 41.2 Å². The second-order valence-corrected chi connectivity index (χ2v) is 8.17. The van der Waals surface area contributed by atoms with Crippen LogP contribution < -0.4 is 5.32 Å². The topological polar surface area (TPSA) is 59.8 Å². The summed E-state index contributed by atoms with van der Waals surface area (Å²) in [6, 6.07) is 8.53. The van der Waals surface area contributed by atoms with Crippen LogP contribution in [0.15, 0.2) is 29.4 Å². The number of nitrogens with zero attached hydrogens (tertiary/aromatic N) is 3. The largest absolute Gasteiger partial charge is 0.356 e. The Morgan fingerprint density at radius 1 is 1.15 bits per heavy atom. The smallest absolute Gasteiger partial charge is 0.220 e. The molecule has 0 radical (unpaired) electrons. The molecule has 0 spiro atoms. The van der Waals surface area contributed by atoms with E-state index >= 15 is 0 Å². The Hall–Kier alpha value is -1.82. The van der Waals surface area contributed by atoms with Gasteiger partial charge in [-0.1, -0.05) is 55.4 Å². The van der Waals surface area contributed by atoms with E-state index in [0.717, 1.165) is 43.2 Å². The average molecular weight is 389 g/mol. The molecule has 0 aliphatic heterocycles. The predicted octanol–water partition coefficient (Wildman–Crippen LogP) is 4.04. The minimum atomic E-state index is 0.135. The summed E-state index contributed by atoms with van der Waals surface area (Å²) in [6.45, 7) is 8.11. The van der Waals surface area contributed by atoms with Crippen molar-refractivity contribution in [3.63, 3.8) is 0 Å². The van der Waals surface area contributed by atoms with E-state index in [1.165, 1.54) is 11.1 Å². The summed E-state index contributed by atoms with van der Waals surface area (Å²) >= 11 is 1.63. The van der Waals surface area contributed by atoms with Gasteiger partial charge in [0.1, 0.15) is 5.82 Å². The number of rotatable bonds is 11. The fourth-order valence-electron chi connectivity index (χ4n) is 2.97. The zero-order chi connectivity index (χ0) is 19.6. The summed E-state index contributed by atoms with van der Waals surface area (Å²) in [4.78, 5) is 12.0. The fourth-order valence-corrected chi connectivity index (χ4v) is 3.50. The standard InChI is InChI=1S/C21H32N4OS/c1-16(2)15-25-19(23-24-21(25)27-4)8-6-14-22-20(26)9-5-7-18-12-10-17(3)11-13-18/h10-13,16H,5-9,14-15H2,1-4H3,(H,22,26). The van der Waals surface area contributed by atoms with Gasteiger partial charge in [-0.2, -0.15) is 0 Å². The Morgan fingerprint density at radius 2 is 1.89 bits per heavy atom. The van der Waals surface area contributed by atoms with Crippen LogP contribution in [0, 0.1) is 12.8 Å². The van der Waals surface area contributed by atoms with Crippen LogP contribution in [-0.2, 0) is 24.2 Å². The Balaban J connectivity index is 1.66. The number of hydrogen-bond donors (Lipinski definition) is 1. The van der Waals surface area contributed by atoms with Crippen LogP contribution in [0.5, 0.6) is 0 Å². The molecule has 0 unspecified atom stereocenters. The Bertz CT molecular complexity index is 709. The summed E-state index contributed by atoms with van der Waals surface area (Å²) in [5.41, 5.74) is 2.56. The molecule has 0 bridgehead atoms. The molecule has 0 aliphatic carbocycles. The normalized spacial score (nSPS) is 11.1. The summed E-state index contributed by atoms with van der Waals surface area (Å²) < 4.78 is 2.21. The van der Waals surface area contributed by atoms with E-state index in [1.807, 2.05) is 6.26 Å². The van der Waals surface area contributed by atoms with Crippen LogP contribution >= 0.6 is 11.8 Å². The van der Waals surface area contributed by atoms with Gasteiger partial charge >= 0.3 is 0 Å². The van der Waals surface area contributed by atoms with Gasteiger partial charge < -0.3 is 9.88 Å². The highest BCUT2D eigenvalue weighted by molar-refractivity contribution is 7.98. The summed E-state index contributed by atoms with van der Waals surface area (Å²) in [6.07, 6.45) is 6.16. The molecule has 0 saturated heterocycles. The second-order valence-electron chi connectivity index (χ2n) is 7.40. The third-order valence-electron chi connectivity index (χ3n) is 4.41. The Morgan fingerprint density at radius 3 is 2.56 bits per heavy atom. The van der Waals surface area contributed by atoms with Crippen molar-refractivity contribution in [3.8, 4) is 0 Å². The van der Waals surface area contributed by atoms with E-state index in [0.29, 0.717) is 18.9 Å². The van der Waals surface area contributed by atoms with Crippen LogP contribution in [0.3, 0.4) is 0 Å². The van der Waals surface area contributed by atoms with Gasteiger partial charge in [-0.15, -0.1) is 10.2 Å². The maximum absolute atomic E-state index is 12.0. The van der Waals surface area contributed by atoms with E-state index < -0.39 is 0 Å². The lowest BCUT2D eigenvalue weighted by molar-refractivity contribution is -0.121. The molecule has 0 aliphatic rings. The lowest BCUT2D eigenvalue weighted by Crippen LogP contribution is -2.24. The number of nitrogens with one attached hydrogen (secondary N) is 1. The zero-order valence-corrected chi connectivity index (χ0v) is 17.8. The fraction of sp³-hybridized carbons (Fsp3) is 0.571. The summed E-state index contributed by atoms with van der Waals surface area (Å²) in [5, 5.41) is 12.6. The van der Waals surface area contributed by atoms with Crippen LogP contribution in [0.2, 0.25) is 0 Å². The van der Waals surface area contributed by atoms with E-state index in [-0.39, 0.29) is 5.91 Å². The van der Waals surface area contributed by atoms with Crippen molar-refractivity contribution in [2.24, 2.45) is 5.92 Å². The molecular weight excluding hydrogens is 356 g/mol. The number of benzene rings is 1. The molecule has 1 N–H and O–H groups in total. The molecule has 0 saturated carbocycles. The number of thioether (sulfide) groups is 1. The summed E-state index contributed by atoms with van der Waals surface area (Å²) in [5.74, 6) is 1.70. The van der Waals surface area contributed by atoms with E-state index in [9.17, 15) is 4.79 Å². The molecule has 148 valence electrons. The first-order valence-corrected chi connectivity index (χ1v) is 11.0. The minimum Gasteiger partial charge on any atom is -0.356 e. The molecule has 1 aromatic heterocycles. The molecule has 0 fully saturated rings. The quantitative estimate of drug-likeness (QED) is 0.466. The Labute approximate surface area is 167 Å². The van der Waals surface area contributed by atoms with E-state index in [4.69, 9.17) is 0 Å². The third kappa shape index (κ3) is 7.37. The molecular formula is C21H32N4OS. The number of aromatic nitrogens is 3. The molecule has 1 aromatic carbocycles. The number of hydrogen-bond acceptors (Lipinski definition) is 4. The van der Waals surface area contributed by atoms with Crippen LogP contribution in [-0.4, -0.2) is 33.5 Å². The monoisotopic (exact) mass is 388 g/mol. The highest BCUT2D eigenvalue weighted by Gasteiger charge is 2.12. The SMILES string of the molecule is CSc1nnc(CCCNC(=O)CCCc2ccc(C)cc2)n1CC(C)C. The number of carbonyl (C=O) groups excluding carboxylic acids is 1. The highest BCUT2D eigenvalue weighted by Crippen LogP contribution is 2.16. The molecule has 1 heterocycles. The van der Waals surface area contributed by atoms with Gasteiger partial charge in [0.25, 0.3) is 0 Å². The van der Waals surface area contributed by atoms with Gasteiger partial charge in [0.05, 0.1) is 0 Å². The van der Waals surface area contributed by atoms with Gasteiger partial charge in [0.15, 0.2) is 5.16 Å². The molecule has 27 heavy (non-hydrogen) atoms. The molecule has 2 aromatic rings. The van der Waals surface area contributed by atoms with Crippen LogP contribution in [0.1, 0.15) is 50.1 Å². The average Bonchev–Trinajstić information content (AvgIpc) is 3.01. The van der Waals surface area contributed by atoms with Gasteiger partial charge in [-0.25, -0.2) is 0 Å². The molecule has 0 atom stereocenters. The van der Waals surface area contributed by atoms with Crippen molar-refractivity contribution in [1.82, 2.24) is 20.1 Å². The van der Waals surface area contributed by atoms with Gasteiger partial charge in [0, 0.05) is 25.9 Å². The Kier molecular flexibility index (Phi) is 8.85. The third-order valence-corrected chi connectivity index (χ3v) is 5.08. The van der Waals surface area contributed by atoms with E-state index in [1.54, 1.807) is 11.8 Å². The van der Waals surface area contributed by atoms with Crippen molar-refractivity contribution >= 4 is 17.7 Å². The van der Waals surface area contributed by atoms with Crippen molar-refractivity contribution in [2.75, 3.05) is 12.8 Å². The highest BCUT2D eigenvalue weighted by atomic mass is 32.2. The lowest BCUT2D eigenvalue weighted by Gasteiger charge is -2.11. The van der Waals surface area contributed by atoms with Gasteiger partial charge in [-0.3, -0.25) is 4.79 Å². The lowest BCUT2D eigenvalue weighted by atomic mass is 10.1. The molecule has 6 heteroatoms. The molecule has 1 amide bonds. The number of aryl methyl sites for hydroxylation is 3. The van der Waals surface area contributed by atoms with Crippen molar-refractivity contribution in [2.45, 2.75) is 64.6 Å². The molecule has 5 nitrogen and oxygen atoms in total. The first-order valence-electron chi connectivity index (χ1n) is 9.78. The second kappa shape index (κ2) is 11.1. The van der Waals surface area contributed by atoms with Crippen molar-refractivity contribution < 1.29 is 4.79 Å². The maximum atomic E-state index is 12.0. The van der Waals surface area contributed by atoms with Crippen LogP contribution in [0.4, 0.5) is 0 Å². The van der Waals surface area contributed by atoms with Gasteiger partial charge in [-0.05, 0) is 43.9 Å². The number of amides is 1. The van der Waals surface area contributed by atoms with E-state index in [2.05, 4.69) is 65.1 Å². The molecule has 2 rings (SSSR count). The van der Waals surface area contributed by atoms with Gasteiger partial charge in [0.2, 0.25) is 5.91 Å².